The van der Waals surface area contributed by atoms with Crippen LogP contribution in [0.2, 0.25) is 0 Å². The first-order chi connectivity index (χ1) is 10.3. The fourth-order valence-corrected chi connectivity index (χ4v) is 2.11. The number of hydrogen-bond donors (Lipinski definition) is 1. The first kappa shape index (κ1) is 16.3. The van der Waals surface area contributed by atoms with E-state index in [4.69, 9.17) is 0 Å². The van der Waals surface area contributed by atoms with Crippen LogP contribution in [-0.4, -0.2) is 18.6 Å². The highest BCUT2D eigenvalue weighted by molar-refractivity contribution is 5.43. The van der Waals surface area contributed by atoms with Gasteiger partial charge in [-0.15, -0.1) is 0 Å². The second-order valence-corrected chi connectivity index (χ2v) is 4.83. The molecule has 0 heterocycles. The van der Waals surface area contributed by atoms with Gasteiger partial charge in [-0.05, 0) is 17.7 Å². The van der Waals surface area contributed by atoms with Gasteiger partial charge in [0.15, 0.2) is 0 Å². The average Bonchev–Trinajstić information content (AvgIpc) is 2.48. The molecule has 2 aromatic rings. The monoisotopic (exact) mass is 315 g/mol. The van der Waals surface area contributed by atoms with Crippen LogP contribution >= 0.6 is 0 Å². The van der Waals surface area contributed by atoms with Crippen molar-refractivity contribution in [1.82, 2.24) is 0 Å². The molecule has 1 nitrogen and oxygen atoms in total. The van der Waals surface area contributed by atoms with E-state index in [9.17, 15) is 22.0 Å². The van der Waals surface area contributed by atoms with Crippen LogP contribution in [0.5, 0.6) is 0 Å². The quantitative estimate of drug-likeness (QED) is 0.759. The minimum Gasteiger partial charge on any atom is -0.384 e. The molecule has 6 heteroatoms. The van der Waals surface area contributed by atoms with Crippen molar-refractivity contribution in [3.8, 4) is 0 Å². The molecule has 1 unspecified atom stereocenters. The summed E-state index contributed by atoms with van der Waals surface area (Å²) in [4.78, 5) is 0. The van der Waals surface area contributed by atoms with E-state index in [1.165, 1.54) is 24.3 Å². The topological polar surface area (TPSA) is 12.0 Å². The van der Waals surface area contributed by atoms with E-state index in [1.807, 2.05) is 0 Å². The Balaban J connectivity index is 2.27. The van der Waals surface area contributed by atoms with Gasteiger partial charge >= 0.3 is 12.1 Å². The van der Waals surface area contributed by atoms with Gasteiger partial charge in [0.25, 0.3) is 0 Å². The van der Waals surface area contributed by atoms with Crippen molar-refractivity contribution in [3.63, 3.8) is 0 Å². The van der Waals surface area contributed by atoms with E-state index in [0.717, 1.165) is 0 Å². The van der Waals surface area contributed by atoms with Crippen molar-refractivity contribution in [2.75, 3.05) is 11.9 Å². The predicted molar refractivity (Wildman–Crippen MR) is 75.1 cm³/mol. The molecule has 0 spiro atoms. The lowest BCUT2D eigenvalue weighted by atomic mass is 9.91. The Morgan fingerprint density at radius 1 is 0.773 bits per heavy atom. The summed E-state index contributed by atoms with van der Waals surface area (Å²) in [7, 11) is 0. The lowest BCUT2D eigenvalue weighted by molar-refractivity contribution is -0.290. The summed E-state index contributed by atoms with van der Waals surface area (Å²) < 4.78 is 65.8. The second-order valence-electron chi connectivity index (χ2n) is 4.83. The van der Waals surface area contributed by atoms with Crippen molar-refractivity contribution in [2.24, 2.45) is 0 Å². The van der Waals surface area contributed by atoms with Crippen LogP contribution in [0.4, 0.5) is 27.6 Å². The van der Waals surface area contributed by atoms with Gasteiger partial charge in [-0.25, -0.2) is 0 Å². The third kappa shape index (κ3) is 3.55. The second kappa shape index (κ2) is 6.34. The molecule has 1 atom stereocenters. The summed E-state index contributed by atoms with van der Waals surface area (Å²) in [6.45, 7) is -0.527. The van der Waals surface area contributed by atoms with Gasteiger partial charge in [0, 0.05) is 12.2 Å². The molecular weight excluding hydrogens is 301 g/mol. The minimum absolute atomic E-state index is 0.0618. The van der Waals surface area contributed by atoms with E-state index in [0.29, 0.717) is 5.69 Å². The van der Waals surface area contributed by atoms with E-state index in [1.54, 1.807) is 36.4 Å². The Bertz CT molecular complexity index is 580. The number of anilines is 1. The van der Waals surface area contributed by atoms with Crippen LogP contribution in [0.1, 0.15) is 11.5 Å². The van der Waals surface area contributed by atoms with Gasteiger partial charge in [0.1, 0.15) is 0 Å². The molecule has 1 N–H and O–H groups in total. The number of hydrogen-bond acceptors (Lipinski definition) is 1. The van der Waals surface area contributed by atoms with Crippen LogP contribution in [0.3, 0.4) is 0 Å². The average molecular weight is 315 g/mol. The smallest absolute Gasteiger partial charge is 0.384 e. The van der Waals surface area contributed by atoms with Crippen LogP contribution < -0.4 is 5.32 Å². The van der Waals surface area contributed by atoms with Crippen LogP contribution in [-0.2, 0) is 0 Å². The molecule has 0 bridgehead atoms. The number of halogens is 5. The molecule has 0 aliphatic rings. The van der Waals surface area contributed by atoms with Crippen molar-refractivity contribution < 1.29 is 22.0 Å². The molecule has 0 radical (unpaired) electrons. The van der Waals surface area contributed by atoms with Crippen LogP contribution in [0.25, 0.3) is 0 Å². The normalized spacial score (nSPS) is 13.7. The number of alkyl halides is 5. The summed E-state index contributed by atoms with van der Waals surface area (Å²) in [6.07, 6.45) is -5.61. The zero-order valence-corrected chi connectivity index (χ0v) is 11.4. The molecule has 0 aliphatic heterocycles. The third-order valence-electron chi connectivity index (χ3n) is 3.30. The zero-order chi connectivity index (χ0) is 16.2. The Hall–Kier alpha value is -2.11. The minimum atomic E-state index is -5.61. The third-order valence-corrected chi connectivity index (χ3v) is 3.30. The Labute approximate surface area is 124 Å². The summed E-state index contributed by atoms with van der Waals surface area (Å²) in [5.41, 5.74) is 0.426. The van der Waals surface area contributed by atoms with Crippen molar-refractivity contribution in [3.05, 3.63) is 66.2 Å². The van der Waals surface area contributed by atoms with Gasteiger partial charge in [0.05, 0.1) is 5.92 Å². The lowest BCUT2D eigenvalue weighted by Crippen LogP contribution is -2.44. The van der Waals surface area contributed by atoms with Crippen LogP contribution in [0.15, 0.2) is 60.7 Å². The van der Waals surface area contributed by atoms with Crippen molar-refractivity contribution in [2.45, 2.75) is 18.0 Å². The van der Waals surface area contributed by atoms with E-state index < -0.39 is 24.6 Å². The summed E-state index contributed by atoms with van der Waals surface area (Å²) in [5, 5.41) is 2.64. The van der Waals surface area contributed by atoms with Crippen LogP contribution in [0, 0.1) is 0 Å². The Morgan fingerprint density at radius 3 is 1.77 bits per heavy atom. The molecule has 22 heavy (non-hydrogen) atoms. The fraction of sp³-hybridized carbons (Fsp3) is 0.250. The maximum Gasteiger partial charge on any atom is 0.453 e. The molecule has 2 rings (SSSR count). The number of nitrogens with one attached hydrogen (secondary N) is 1. The summed E-state index contributed by atoms with van der Waals surface area (Å²) in [5.74, 6) is -6.83. The highest BCUT2D eigenvalue weighted by Gasteiger charge is 2.62. The van der Waals surface area contributed by atoms with Crippen molar-refractivity contribution >= 4 is 5.69 Å². The molecule has 0 saturated carbocycles. The fourth-order valence-electron chi connectivity index (χ4n) is 2.11. The van der Waals surface area contributed by atoms with Crippen molar-refractivity contribution in [1.29, 1.82) is 0 Å². The molecule has 0 amide bonds. The zero-order valence-electron chi connectivity index (χ0n) is 11.4. The van der Waals surface area contributed by atoms with Gasteiger partial charge in [-0.1, -0.05) is 48.5 Å². The van der Waals surface area contributed by atoms with Gasteiger partial charge < -0.3 is 5.32 Å². The Morgan fingerprint density at radius 2 is 1.27 bits per heavy atom. The molecule has 0 aromatic heterocycles. The molecular formula is C16H14F5N. The van der Waals surface area contributed by atoms with Gasteiger partial charge in [0.2, 0.25) is 0 Å². The van der Waals surface area contributed by atoms with Gasteiger partial charge in [-0.3, -0.25) is 0 Å². The molecule has 0 saturated heterocycles. The summed E-state index contributed by atoms with van der Waals surface area (Å²) in [6, 6.07) is 15.3. The first-order valence-electron chi connectivity index (χ1n) is 6.61. The predicted octanol–water partition coefficient (Wildman–Crippen LogP) is 5.08. The number of para-hydroxylation sites is 1. The maximum atomic E-state index is 13.8. The highest BCUT2D eigenvalue weighted by atomic mass is 19.4. The van der Waals surface area contributed by atoms with Gasteiger partial charge in [-0.2, -0.15) is 22.0 Å². The standard InChI is InChI=1S/C16H14F5N/c17-15(18,16(19,20)21)14(12-7-3-1-4-8-12)11-22-13-9-5-2-6-10-13/h1-10,14,22H,11H2. The number of rotatable bonds is 5. The molecule has 0 aliphatic carbocycles. The molecule has 118 valence electrons. The lowest BCUT2D eigenvalue weighted by Gasteiger charge is -2.29. The van der Waals surface area contributed by atoms with E-state index >= 15 is 0 Å². The largest absolute Gasteiger partial charge is 0.453 e. The molecule has 2 aromatic carbocycles. The summed E-state index contributed by atoms with van der Waals surface area (Å²) >= 11 is 0. The SMILES string of the molecule is FC(F)(F)C(F)(F)C(CNc1ccccc1)c1ccccc1. The molecule has 0 fully saturated rings. The van der Waals surface area contributed by atoms with E-state index in [2.05, 4.69) is 5.32 Å². The first-order valence-corrected chi connectivity index (χ1v) is 6.61. The maximum absolute atomic E-state index is 13.8. The highest BCUT2D eigenvalue weighted by Crippen LogP contribution is 2.45. The number of benzene rings is 2. The van der Waals surface area contributed by atoms with E-state index in [-0.39, 0.29) is 5.56 Å². The Kier molecular flexibility index (Phi) is 4.68.